The van der Waals surface area contributed by atoms with Crippen molar-refractivity contribution in [3.63, 3.8) is 0 Å². The Balaban J connectivity index is 2.32. The van der Waals surface area contributed by atoms with Crippen LogP contribution in [0.15, 0.2) is 45.8 Å². The summed E-state index contributed by atoms with van der Waals surface area (Å²) in [4.78, 5) is 11.0. The van der Waals surface area contributed by atoms with Gasteiger partial charge in [-0.05, 0) is 46.1 Å². The zero-order chi connectivity index (χ0) is 15.6. The summed E-state index contributed by atoms with van der Waals surface area (Å²) in [6.45, 7) is 1.90. The first-order valence-electron chi connectivity index (χ1n) is 6.06. The van der Waals surface area contributed by atoms with Crippen LogP contribution in [0.4, 0.5) is 11.4 Å². The molecule has 0 aliphatic heterocycles. The highest BCUT2D eigenvalue weighted by molar-refractivity contribution is 9.10. The van der Waals surface area contributed by atoms with E-state index >= 15 is 0 Å². The van der Waals surface area contributed by atoms with Crippen LogP contribution in [0.5, 0.6) is 0 Å². The molecule has 110 valence electrons. The molecule has 1 atom stereocenters. The maximum absolute atomic E-state index is 12.4. The van der Waals surface area contributed by atoms with E-state index in [1.165, 1.54) is 6.07 Å². The lowest BCUT2D eigenvalue weighted by Crippen LogP contribution is -2.02. The van der Waals surface area contributed by atoms with E-state index in [-0.39, 0.29) is 11.4 Å². The van der Waals surface area contributed by atoms with E-state index in [0.29, 0.717) is 20.6 Å². The second-order valence-electron chi connectivity index (χ2n) is 4.54. The third-order valence-electron chi connectivity index (χ3n) is 2.95. The second-order valence-corrected chi connectivity index (χ2v) is 6.75. The summed E-state index contributed by atoms with van der Waals surface area (Å²) in [7, 11) is -1.36. The van der Waals surface area contributed by atoms with E-state index in [1.54, 1.807) is 24.3 Å². The Kier molecular flexibility index (Phi) is 4.74. The second kappa shape index (κ2) is 6.36. The van der Waals surface area contributed by atoms with Gasteiger partial charge in [0.2, 0.25) is 0 Å². The molecule has 2 rings (SSSR count). The van der Waals surface area contributed by atoms with Crippen molar-refractivity contribution in [2.45, 2.75) is 17.6 Å². The van der Waals surface area contributed by atoms with Gasteiger partial charge in [-0.1, -0.05) is 18.2 Å². The molecule has 0 spiro atoms. The van der Waals surface area contributed by atoms with Crippen LogP contribution < -0.4 is 5.73 Å². The van der Waals surface area contributed by atoms with E-state index in [4.69, 9.17) is 5.73 Å². The number of rotatable bonds is 4. The van der Waals surface area contributed by atoms with Crippen LogP contribution >= 0.6 is 15.9 Å². The molecule has 2 N–H and O–H groups in total. The number of nitrogens with two attached hydrogens (primary N) is 1. The number of aryl methyl sites for hydroxylation is 1. The molecule has 2 aromatic carbocycles. The van der Waals surface area contributed by atoms with Crippen LogP contribution in [0.1, 0.15) is 11.1 Å². The molecule has 0 saturated carbocycles. The summed E-state index contributed by atoms with van der Waals surface area (Å²) in [5, 5.41) is 10.9. The molecule has 0 bridgehead atoms. The molecule has 1 unspecified atom stereocenters. The first-order valence-corrected chi connectivity index (χ1v) is 8.17. The van der Waals surface area contributed by atoms with Gasteiger partial charge in [0.1, 0.15) is 0 Å². The fraction of sp³-hybridized carbons (Fsp3) is 0.143. The van der Waals surface area contributed by atoms with Crippen LogP contribution in [0, 0.1) is 17.0 Å². The van der Waals surface area contributed by atoms with Gasteiger partial charge in [-0.2, -0.15) is 0 Å². The van der Waals surface area contributed by atoms with Crippen molar-refractivity contribution in [3.05, 3.63) is 62.1 Å². The maximum atomic E-state index is 12.4. The number of nitrogen functional groups attached to an aromatic ring is 1. The molecule has 21 heavy (non-hydrogen) atoms. The maximum Gasteiger partial charge on any atom is 0.283 e. The highest BCUT2D eigenvalue weighted by Crippen LogP contribution is 2.30. The van der Waals surface area contributed by atoms with Crippen LogP contribution in [-0.4, -0.2) is 9.13 Å². The minimum Gasteiger partial charge on any atom is -0.398 e. The normalized spacial score (nSPS) is 12.1. The minimum atomic E-state index is -1.36. The molecular formula is C14H13BrN2O3S. The molecular weight excluding hydrogens is 356 g/mol. The monoisotopic (exact) mass is 368 g/mol. The van der Waals surface area contributed by atoms with E-state index in [2.05, 4.69) is 15.9 Å². The van der Waals surface area contributed by atoms with Crippen LogP contribution in [0.2, 0.25) is 0 Å². The molecule has 0 saturated heterocycles. The standard InChI is InChI=1S/C14H13BrN2O3S/c1-9-5-6-13(11(16)7-9)21(20)8-10-3-2-4-12(14(10)15)17(18)19/h2-7H,8,16H2,1H3. The zero-order valence-corrected chi connectivity index (χ0v) is 13.6. The summed E-state index contributed by atoms with van der Waals surface area (Å²) in [6.07, 6.45) is 0. The SMILES string of the molecule is Cc1ccc(S(=O)Cc2cccc([N+](=O)[O-])c2Br)c(N)c1. The van der Waals surface area contributed by atoms with Gasteiger partial charge in [0.25, 0.3) is 5.69 Å². The first-order chi connectivity index (χ1) is 9.90. The van der Waals surface area contributed by atoms with Gasteiger partial charge in [-0.3, -0.25) is 14.3 Å². The Morgan fingerprint density at radius 1 is 1.33 bits per heavy atom. The van der Waals surface area contributed by atoms with Gasteiger partial charge < -0.3 is 5.73 Å². The van der Waals surface area contributed by atoms with Gasteiger partial charge >= 0.3 is 0 Å². The minimum absolute atomic E-state index is 0.0404. The largest absolute Gasteiger partial charge is 0.398 e. The molecule has 0 radical (unpaired) electrons. The van der Waals surface area contributed by atoms with E-state index in [1.807, 2.05) is 13.0 Å². The molecule has 0 amide bonds. The summed E-state index contributed by atoms with van der Waals surface area (Å²) in [5.74, 6) is 0.162. The lowest BCUT2D eigenvalue weighted by Gasteiger charge is -2.08. The summed E-state index contributed by atoms with van der Waals surface area (Å²) in [5.41, 5.74) is 7.91. The van der Waals surface area contributed by atoms with Crippen molar-refractivity contribution in [2.75, 3.05) is 5.73 Å². The molecule has 0 aromatic heterocycles. The van der Waals surface area contributed by atoms with Gasteiger partial charge in [-0.15, -0.1) is 0 Å². The zero-order valence-electron chi connectivity index (χ0n) is 11.2. The van der Waals surface area contributed by atoms with Crippen LogP contribution in [0.3, 0.4) is 0 Å². The smallest absolute Gasteiger partial charge is 0.283 e. The number of nitrogens with zero attached hydrogens (tertiary/aromatic N) is 1. The molecule has 0 fully saturated rings. The summed E-state index contributed by atoms with van der Waals surface area (Å²) < 4.78 is 12.8. The average molecular weight is 369 g/mol. The van der Waals surface area contributed by atoms with Crippen LogP contribution in [-0.2, 0) is 16.6 Å². The topological polar surface area (TPSA) is 86.2 Å². The van der Waals surface area contributed by atoms with Crippen LogP contribution in [0.25, 0.3) is 0 Å². The average Bonchev–Trinajstić information content (AvgIpc) is 2.40. The molecule has 2 aromatic rings. The fourth-order valence-electron chi connectivity index (χ4n) is 1.91. The highest BCUT2D eigenvalue weighted by Gasteiger charge is 2.17. The third kappa shape index (κ3) is 3.48. The van der Waals surface area contributed by atoms with Crippen molar-refractivity contribution in [1.29, 1.82) is 0 Å². The molecule has 0 aliphatic carbocycles. The number of anilines is 1. The van der Waals surface area contributed by atoms with Gasteiger partial charge in [0, 0.05) is 11.8 Å². The molecule has 0 aliphatic rings. The first kappa shape index (κ1) is 15.7. The quantitative estimate of drug-likeness (QED) is 0.507. The lowest BCUT2D eigenvalue weighted by molar-refractivity contribution is -0.385. The molecule has 7 heteroatoms. The number of hydrogen-bond donors (Lipinski definition) is 1. The highest BCUT2D eigenvalue weighted by atomic mass is 79.9. The molecule has 0 heterocycles. The van der Waals surface area contributed by atoms with E-state index in [9.17, 15) is 14.3 Å². The van der Waals surface area contributed by atoms with Crippen molar-refractivity contribution < 1.29 is 9.13 Å². The van der Waals surface area contributed by atoms with Crippen molar-refractivity contribution in [3.8, 4) is 0 Å². The molecule has 5 nitrogen and oxygen atoms in total. The number of nitro groups is 1. The predicted octanol–water partition coefficient (Wildman–Crippen LogP) is 3.56. The lowest BCUT2D eigenvalue weighted by atomic mass is 10.2. The van der Waals surface area contributed by atoms with Crippen molar-refractivity contribution >= 4 is 38.1 Å². The fourth-order valence-corrected chi connectivity index (χ4v) is 3.87. The van der Waals surface area contributed by atoms with Gasteiger partial charge in [0.05, 0.1) is 30.8 Å². The Bertz CT molecular complexity index is 734. The van der Waals surface area contributed by atoms with Crippen molar-refractivity contribution in [2.24, 2.45) is 0 Å². The summed E-state index contributed by atoms with van der Waals surface area (Å²) >= 11 is 3.21. The number of nitro benzene ring substituents is 1. The third-order valence-corrected chi connectivity index (χ3v) is 5.30. The van der Waals surface area contributed by atoms with E-state index < -0.39 is 15.7 Å². The van der Waals surface area contributed by atoms with Gasteiger partial charge in [0.15, 0.2) is 0 Å². The number of halogens is 1. The number of benzene rings is 2. The number of hydrogen-bond acceptors (Lipinski definition) is 4. The summed E-state index contributed by atoms with van der Waals surface area (Å²) in [6, 6.07) is 10.0. The Morgan fingerprint density at radius 2 is 2.05 bits per heavy atom. The van der Waals surface area contributed by atoms with Gasteiger partial charge in [-0.25, -0.2) is 0 Å². The Labute approximate surface area is 132 Å². The van der Waals surface area contributed by atoms with E-state index in [0.717, 1.165) is 5.56 Å². The Hall–Kier alpha value is -1.73. The van der Waals surface area contributed by atoms with Crippen molar-refractivity contribution in [1.82, 2.24) is 0 Å². The Morgan fingerprint density at radius 3 is 2.67 bits per heavy atom. The predicted molar refractivity (Wildman–Crippen MR) is 86.5 cm³/mol.